The van der Waals surface area contributed by atoms with Gasteiger partial charge in [-0.1, -0.05) is 0 Å². The Kier molecular flexibility index (Phi) is 1.55. The fourth-order valence-electron chi connectivity index (χ4n) is 1.07. The molecule has 3 heteroatoms. The molecule has 0 fully saturated rings. The first-order valence-corrected chi connectivity index (χ1v) is 3.91. The maximum Gasteiger partial charge on any atom is 0.0647 e. The van der Waals surface area contributed by atoms with Gasteiger partial charge >= 0.3 is 0 Å². The van der Waals surface area contributed by atoms with Crippen LogP contribution < -0.4 is 0 Å². The summed E-state index contributed by atoms with van der Waals surface area (Å²) < 4.78 is 0. The Labute approximate surface area is 69.2 Å². The van der Waals surface area contributed by atoms with Crippen molar-refractivity contribution >= 4 is 22.5 Å². The van der Waals surface area contributed by atoms with Crippen molar-refractivity contribution in [3.8, 4) is 0 Å². The summed E-state index contributed by atoms with van der Waals surface area (Å²) in [5.74, 6) is 0.473. The van der Waals surface area contributed by atoms with E-state index in [1.165, 1.54) is 0 Å². The van der Waals surface area contributed by atoms with E-state index in [0.29, 0.717) is 5.88 Å². The molecule has 2 rings (SSSR count). The zero-order valence-corrected chi connectivity index (χ0v) is 6.60. The maximum atomic E-state index is 5.62. The van der Waals surface area contributed by atoms with Crippen LogP contribution in [-0.4, -0.2) is 9.97 Å². The fourth-order valence-corrected chi connectivity index (χ4v) is 1.22. The highest BCUT2D eigenvalue weighted by Crippen LogP contribution is 2.12. The SMILES string of the molecule is ClCc1cc2cc[nH]c2cn1. The van der Waals surface area contributed by atoms with Gasteiger partial charge in [0.25, 0.3) is 0 Å². The number of aromatic amines is 1. The summed E-state index contributed by atoms with van der Waals surface area (Å²) in [6.07, 6.45) is 3.69. The Hall–Kier alpha value is -1.02. The third kappa shape index (κ3) is 1.10. The van der Waals surface area contributed by atoms with Crippen LogP contribution in [0.4, 0.5) is 0 Å². The minimum Gasteiger partial charge on any atom is -0.360 e. The lowest BCUT2D eigenvalue weighted by molar-refractivity contribution is 1.18. The Morgan fingerprint density at radius 2 is 2.45 bits per heavy atom. The first-order valence-electron chi connectivity index (χ1n) is 3.38. The van der Waals surface area contributed by atoms with Gasteiger partial charge in [0.15, 0.2) is 0 Å². The Bertz CT molecular complexity index is 367. The fraction of sp³-hybridized carbons (Fsp3) is 0.125. The van der Waals surface area contributed by atoms with Crippen molar-refractivity contribution in [3.05, 3.63) is 30.2 Å². The predicted molar refractivity (Wildman–Crippen MR) is 45.7 cm³/mol. The van der Waals surface area contributed by atoms with Gasteiger partial charge in [0.05, 0.1) is 23.3 Å². The molecule has 11 heavy (non-hydrogen) atoms. The van der Waals surface area contributed by atoms with Crippen molar-refractivity contribution in [1.29, 1.82) is 0 Å². The summed E-state index contributed by atoms with van der Waals surface area (Å²) in [5, 5.41) is 1.16. The predicted octanol–water partition coefficient (Wildman–Crippen LogP) is 2.30. The van der Waals surface area contributed by atoms with Crippen LogP contribution in [0.25, 0.3) is 10.9 Å². The van der Waals surface area contributed by atoms with Crippen molar-refractivity contribution in [2.24, 2.45) is 0 Å². The summed E-state index contributed by atoms with van der Waals surface area (Å²) >= 11 is 5.62. The van der Waals surface area contributed by atoms with Gasteiger partial charge in [0, 0.05) is 11.6 Å². The third-order valence-electron chi connectivity index (χ3n) is 1.63. The van der Waals surface area contributed by atoms with E-state index in [-0.39, 0.29) is 0 Å². The van der Waals surface area contributed by atoms with E-state index >= 15 is 0 Å². The van der Waals surface area contributed by atoms with E-state index in [2.05, 4.69) is 9.97 Å². The molecule has 0 aromatic carbocycles. The number of H-pyrrole nitrogens is 1. The van der Waals surface area contributed by atoms with Gasteiger partial charge in [-0.25, -0.2) is 0 Å². The topological polar surface area (TPSA) is 28.7 Å². The minimum absolute atomic E-state index is 0.473. The smallest absolute Gasteiger partial charge is 0.0647 e. The van der Waals surface area contributed by atoms with Gasteiger partial charge in [-0.15, -0.1) is 11.6 Å². The number of halogens is 1. The highest BCUT2D eigenvalue weighted by atomic mass is 35.5. The molecule has 0 saturated heterocycles. The molecule has 2 heterocycles. The van der Waals surface area contributed by atoms with Crippen LogP contribution in [0.5, 0.6) is 0 Å². The van der Waals surface area contributed by atoms with Gasteiger partial charge in [-0.2, -0.15) is 0 Å². The Morgan fingerprint density at radius 3 is 3.27 bits per heavy atom. The largest absolute Gasteiger partial charge is 0.360 e. The quantitative estimate of drug-likeness (QED) is 0.647. The van der Waals surface area contributed by atoms with Crippen molar-refractivity contribution < 1.29 is 0 Å². The normalized spacial score (nSPS) is 10.6. The zero-order chi connectivity index (χ0) is 7.68. The molecular formula is C8H7ClN2. The highest BCUT2D eigenvalue weighted by Gasteiger charge is 1.95. The molecule has 0 spiro atoms. The molecule has 2 nitrogen and oxygen atoms in total. The second kappa shape index (κ2) is 2.55. The number of fused-ring (bicyclic) bond motifs is 1. The van der Waals surface area contributed by atoms with Crippen LogP contribution in [-0.2, 0) is 5.88 Å². The molecule has 56 valence electrons. The third-order valence-corrected chi connectivity index (χ3v) is 1.91. The molecule has 2 aromatic rings. The lowest BCUT2D eigenvalue weighted by atomic mass is 10.3. The summed E-state index contributed by atoms with van der Waals surface area (Å²) in [4.78, 5) is 7.20. The minimum atomic E-state index is 0.473. The first kappa shape index (κ1) is 6.68. The van der Waals surface area contributed by atoms with Gasteiger partial charge in [-0.05, 0) is 12.1 Å². The average Bonchev–Trinajstić information content (AvgIpc) is 2.50. The number of pyridine rings is 1. The van der Waals surface area contributed by atoms with Crippen LogP contribution in [0.2, 0.25) is 0 Å². The van der Waals surface area contributed by atoms with E-state index in [1.54, 1.807) is 6.20 Å². The molecule has 0 bridgehead atoms. The van der Waals surface area contributed by atoms with Crippen molar-refractivity contribution in [2.75, 3.05) is 0 Å². The number of hydrogen-bond donors (Lipinski definition) is 1. The van der Waals surface area contributed by atoms with Crippen LogP contribution in [0, 0.1) is 0 Å². The number of rotatable bonds is 1. The van der Waals surface area contributed by atoms with Crippen LogP contribution >= 0.6 is 11.6 Å². The Balaban J connectivity index is 2.67. The monoisotopic (exact) mass is 166 g/mol. The number of nitrogens with zero attached hydrogens (tertiary/aromatic N) is 1. The number of alkyl halides is 1. The highest BCUT2D eigenvalue weighted by molar-refractivity contribution is 6.17. The lowest BCUT2D eigenvalue weighted by Gasteiger charge is -1.92. The van der Waals surface area contributed by atoms with Crippen LogP contribution in [0.1, 0.15) is 5.69 Å². The van der Waals surface area contributed by atoms with Gasteiger partial charge in [-0.3, -0.25) is 4.98 Å². The van der Waals surface area contributed by atoms with Gasteiger partial charge < -0.3 is 4.98 Å². The van der Waals surface area contributed by atoms with Crippen molar-refractivity contribution in [2.45, 2.75) is 5.88 Å². The van der Waals surface area contributed by atoms with Crippen LogP contribution in [0.15, 0.2) is 24.5 Å². The van der Waals surface area contributed by atoms with E-state index in [1.807, 2.05) is 18.3 Å². The van der Waals surface area contributed by atoms with E-state index in [9.17, 15) is 0 Å². The molecule has 0 saturated carbocycles. The summed E-state index contributed by atoms with van der Waals surface area (Å²) in [7, 11) is 0. The molecule has 2 aromatic heterocycles. The van der Waals surface area contributed by atoms with Gasteiger partial charge in [0.1, 0.15) is 0 Å². The summed E-state index contributed by atoms with van der Waals surface area (Å²) in [6, 6.07) is 3.99. The van der Waals surface area contributed by atoms with E-state index in [0.717, 1.165) is 16.6 Å². The van der Waals surface area contributed by atoms with E-state index in [4.69, 9.17) is 11.6 Å². The lowest BCUT2D eigenvalue weighted by Crippen LogP contribution is -1.82. The number of aromatic nitrogens is 2. The number of hydrogen-bond acceptors (Lipinski definition) is 1. The zero-order valence-electron chi connectivity index (χ0n) is 5.84. The van der Waals surface area contributed by atoms with Crippen molar-refractivity contribution in [3.63, 3.8) is 0 Å². The summed E-state index contributed by atoms with van der Waals surface area (Å²) in [6.45, 7) is 0. The van der Waals surface area contributed by atoms with Crippen LogP contribution in [0.3, 0.4) is 0 Å². The average molecular weight is 167 g/mol. The molecule has 0 aliphatic heterocycles. The van der Waals surface area contributed by atoms with Crippen molar-refractivity contribution in [1.82, 2.24) is 9.97 Å². The molecule has 1 N–H and O–H groups in total. The standard InChI is InChI=1S/C8H7ClN2/c9-4-7-3-6-1-2-10-8(6)5-11-7/h1-3,5,10H,4H2. The maximum absolute atomic E-state index is 5.62. The molecule has 0 aliphatic rings. The molecular weight excluding hydrogens is 160 g/mol. The molecule has 0 atom stereocenters. The second-order valence-electron chi connectivity index (χ2n) is 2.37. The molecule has 0 radical (unpaired) electrons. The summed E-state index contributed by atoms with van der Waals surface area (Å²) in [5.41, 5.74) is 1.97. The van der Waals surface area contributed by atoms with E-state index < -0.39 is 0 Å². The molecule has 0 amide bonds. The second-order valence-corrected chi connectivity index (χ2v) is 2.64. The molecule has 0 aliphatic carbocycles. The van der Waals surface area contributed by atoms with Gasteiger partial charge in [0.2, 0.25) is 0 Å². The molecule has 0 unspecified atom stereocenters. The first-order chi connectivity index (χ1) is 5.40. The Morgan fingerprint density at radius 1 is 1.55 bits per heavy atom. The number of nitrogens with one attached hydrogen (secondary N) is 1.